The Labute approximate surface area is 208 Å². The molecule has 0 spiro atoms. The van der Waals surface area contributed by atoms with Crippen molar-refractivity contribution in [2.24, 2.45) is 11.8 Å². The van der Waals surface area contributed by atoms with Crippen LogP contribution in [0.15, 0.2) is 53.5 Å². The lowest BCUT2D eigenvalue weighted by atomic mass is 10.0. The van der Waals surface area contributed by atoms with Crippen LogP contribution in [0.3, 0.4) is 0 Å². The van der Waals surface area contributed by atoms with Gasteiger partial charge in [-0.15, -0.1) is 0 Å². The number of aryl methyl sites for hydroxylation is 1. The number of halogens is 1. The third kappa shape index (κ3) is 4.02. The smallest absolute Gasteiger partial charge is 0.256 e. The maximum atomic E-state index is 15.6. The molecule has 7 heteroatoms. The molecule has 1 saturated carbocycles. The summed E-state index contributed by atoms with van der Waals surface area (Å²) < 4.78 is 17.2. The summed E-state index contributed by atoms with van der Waals surface area (Å²) in [6, 6.07) is 13.1. The van der Waals surface area contributed by atoms with Gasteiger partial charge in [0.15, 0.2) is 0 Å². The van der Waals surface area contributed by atoms with Gasteiger partial charge in [-0.3, -0.25) is 14.2 Å². The molecular formula is C29H29FN4O2. The fourth-order valence-electron chi connectivity index (χ4n) is 5.26. The molecule has 1 N–H and O–H groups in total. The van der Waals surface area contributed by atoms with Gasteiger partial charge in [-0.05, 0) is 79.8 Å². The van der Waals surface area contributed by atoms with Gasteiger partial charge in [0, 0.05) is 48.5 Å². The van der Waals surface area contributed by atoms with E-state index in [2.05, 4.69) is 9.97 Å². The second-order valence-corrected chi connectivity index (χ2v) is 10.2. The summed E-state index contributed by atoms with van der Waals surface area (Å²) in [5.41, 5.74) is 3.99. The summed E-state index contributed by atoms with van der Waals surface area (Å²) in [5, 5.41) is 1.10. The van der Waals surface area contributed by atoms with Crippen molar-refractivity contribution in [2.45, 2.75) is 39.7 Å². The summed E-state index contributed by atoms with van der Waals surface area (Å²) in [6.45, 7) is 5.32. The van der Waals surface area contributed by atoms with E-state index >= 15 is 4.39 Å². The van der Waals surface area contributed by atoms with Gasteiger partial charge in [0.1, 0.15) is 11.6 Å². The molecule has 2 aliphatic rings. The lowest BCUT2D eigenvalue weighted by molar-refractivity contribution is -0.131. The topological polar surface area (TPSA) is 71.0 Å². The molecule has 2 aromatic heterocycles. The minimum atomic E-state index is -0.417. The second kappa shape index (κ2) is 8.73. The summed E-state index contributed by atoms with van der Waals surface area (Å²) in [5.74, 6) is 0.500. The van der Waals surface area contributed by atoms with Gasteiger partial charge < -0.3 is 9.88 Å². The van der Waals surface area contributed by atoms with Crippen LogP contribution in [-0.2, 0) is 11.3 Å². The number of benzene rings is 2. The van der Waals surface area contributed by atoms with Crippen molar-refractivity contribution in [1.29, 1.82) is 0 Å². The number of fused-ring (bicyclic) bond motifs is 1. The first kappa shape index (κ1) is 22.7. The first-order chi connectivity index (χ1) is 17.4. The number of carbonyl (C=O) groups excluding carboxylic acids is 1. The van der Waals surface area contributed by atoms with Crippen LogP contribution in [0.1, 0.15) is 30.5 Å². The Hall–Kier alpha value is -3.74. The minimum absolute atomic E-state index is 0.142. The molecule has 6 nitrogen and oxygen atoms in total. The summed E-state index contributed by atoms with van der Waals surface area (Å²) in [7, 11) is 0. The zero-order chi connectivity index (χ0) is 25.0. The van der Waals surface area contributed by atoms with Crippen molar-refractivity contribution in [3.05, 3.63) is 76.1 Å². The number of aromatic nitrogens is 3. The Morgan fingerprint density at radius 2 is 1.86 bits per heavy atom. The SMILES string of the molecule is Cc1nc(-c2ccc(-c3ccc4cc[nH]c4c3)cc2F)n(C[C@@H]2CCN(C(=O)C3CC3)C2)c(=O)c1C. The number of hydrogen-bond acceptors (Lipinski definition) is 3. The molecule has 2 aromatic carbocycles. The Morgan fingerprint density at radius 3 is 2.64 bits per heavy atom. The summed E-state index contributed by atoms with van der Waals surface area (Å²) in [4.78, 5) is 35.6. The molecule has 3 heterocycles. The predicted octanol–water partition coefficient (Wildman–Crippen LogP) is 5.07. The van der Waals surface area contributed by atoms with Crippen molar-refractivity contribution in [2.75, 3.05) is 13.1 Å². The highest BCUT2D eigenvalue weighted by Crippen LogP contribution is 2.34. The molecular weight excluding hydrogens is 455 g/mol. The average Bonchev–Trinajstić information content (AvgIpc) is 3.43. The van der Waals surface area contributed by atoms with E-state index in [-0.39, 0.29) is 23.3 Å². The summed E-state index contributed by atoms with van der Waals surface area (Å²) in [6.07, 6.45) is 4.69. The Bertz CT molecular complexity index is 1550. The summed E-state index contributed by atoms with van der Waals surface area (Å²) >= 11 is 0. The number of nitrogens with one attached hydrogen (secondary N) is 1. The molecule has 1 aliphatic carbocycles. The highest BCUT2D eigenvalue weighted by Gasteiger charge is 2.37. The number of hydrogen-bond donors (Lipinski definition) is 1. The molecule has 2 fully saturated rings. The minimum Gasteiger partial charge on any atom is -0.361 e. The molecule has 184 valence electrons. The van der Waals surface area contributed by atoms with E-state index in [9.17, 15) is 9.59 Å². The van der Waals surface area contributed by atoms with Gasteiger partial charge in [-0.1, -0.05) is 18.2 Å². The maximum Gasteiger partial charge on any atom is 0.256 e. The van der Waals surface area contributed by atoms with Gasteiger partial charge in [-0.2, -0.15) is 0 Å². The van der Waals surface area contributed by atoms with Gasteiger partial charge in [0.05, 0.1) is 5.56 Å². The van der Waals surface area contributed by atoms with E-state index in [1.165, 1.54) is 6.07 Å². The van der Waals surface area contributed by atoms with Crippen molar-refractivity contribution >= 4 is 16.8 Å². The average molecular weight is 485 g/mol. The second-order valence-electron chi connectivity index (χ2n) is 10.2. The zero-order valence-electron chi connectivity index (χ0n) is 20.6. The van der Waals surface area contributed by atoms with Crippen molar-refractivity contribution < 1.29 is 9.18 Å². The lowest BCUT2D eigenvalue weighted by Gasteiger charge is -2.20. The van der Waals surface area contributed by atoms with Crippen LogP contribution in [0.2, 0.25) is 0 Å². The van der Waals surface area contributed by atoms with Crippen LogP contribution in [0.25, 0.3) is 33.4 Å². The van der Waals surface area contributed by atoms with Crippen LogP contribution in [0.5, 0.6) is 0 Å². The van der Waals surface area contributed by atoms with E-state index in [1.54, 1.807) is 24.5 Å². The molecule has 6 rings (SSSR count). The molecule has 4 aromatic rings. The normalized spacial score (nSPS) is 17.8. The van der Waals surface area contributed by atoms with E-state index < -0.39 is 5.82 Å². The highest BCUT2D eigenvalue weighted by atomic mass is 19.1. The molecule has 1 atom stereocenters. The van der Waals surface area contributed by atoms with Gasteiger partial charge in [0.2, 0.25) is 5.91 Å². The van der Waals surface area contributed by atoms with Crippen LogP contribution < -0.4 is 5.56 Å². The molecule has 0 bridgehead atoms. The molecule has 0 unspecified atom stereocenters. The molecule has 1 aliphatic heterocycles. The standard InChI is InChI=1S/C29H29FN4O2/c1-17-18(2)32-27(34(28(17)35)16-19-10-12-33(15-19)29(36)21-4-5-21)24-8-7-22(13-25(24)30)23-6-3-20-9-11-31-26(20)14-23/h3,6-9,11,13-14,19,21,31H,4-5,10,12,15-16H2,1-2H3/t19-/m1/s1. The van der Waals surface area contributed by atoms with Gasteiger partial charge >= 0.3 is 0 Å². The monoisotopic (exact) mass is 484 g/mol. The van der Waals surface area contributed by atoms with Crippen LogP contribution in [-0.4, -0.2) is 38.4 Å². The third-order valence-electron chi connectivity index (χ3n) is 7.70. The van der Waals surface area contributed by atoms with Crippen LogP contribution >= 0.6 is 0 Å². The fourth-order valence-corrected chi connectivity index (χ4v) is 5.26. The maximum absolute atomic E-state index is 15.6. The zero-order valence-corrected chi connectivity index (χ0v) is 20.6. The lowest BCUT2D eigenvalue weighted by Crippen LogP contribution is -2.33. The van der Waals surface area contributed by atoms with Crippen LogP contribution in [0.4, 0.5) is 4.39 Å². The fraction of sp³-hybridized carbons (Fsp3) is 0.345. The highest BCUT2D eigenvalue weighted by molar-refractivity contribution is 5.85. The molecule has 1 saturated heterocycles. The van der Waals surface area contributed by atoms with E-state index in [0.29, 0.717) is 35.7 Å². The number of rotatable bonds is 5. The Kier molecular flexibility index (Phi) is 5.51. The molecule has 36 heavy (non-hydrogen) atoms. The number of amides is 1. The van der Waals surface area contributed by atoms with Crippen LogP contribution in [0, 0.1) is 31.5 Å². The van der Waals surface area contributed by atoms with E-state index in [0.717, 1.165) is 47.8 Å². The Balaban J connectivity index is 1.34. The number of aromatic amines is 1. The molecule has 0 radical (unpaired) electrons. The van der Waals surface area contributed by atoms with Crippen molar-refractivity contribution in [1.82, 2.24) is 19.4 Å². The Morgan fingerprint density at radius 1 is 1.08 bits per heavy atom. The number of H-pyrrole nitrogens is 1. The van der Waals surface area contributed by atoms with Crippen molar-refractivity contribution in [3.8, 4) is 22.5 Å². The number of nitrogens with zero attached hydrogens (tertiary/aromatic N) is 3. The number of carbonyl (C=O) groups is 1. The molecule has 1 amide bonds. The third-order valence-corrected chi connectivity index (χ3v) is 7.70. The van der Waals surface area contributed by atoms with Gasteiger partial charge in [-0.25, -0.2) is 9.37 Å². The predicted molar refractivity (Wildman–Crippen MR) is 138 cm³/mol. The first-order valence-corrected chi connectivity index (χ1v) is 12.6. The van der Waals surface area contributed by atoms with E-state index in [4.69, 9.17) is 0 Å². The quantitative estimate of drug-likeness (QED) is 0.430. The number of likely N-dealkylation sites (tertiary alicyclic amines) is 1. The largest absolute Gasteiger partial charge is 0.361 e. The first-order valence-electron chi connectivity index (χ1n) is 12.6. The van der Waals surface area contributed by atoms with E-state index in [1.807, 2.05) is 41.4 Å². The van der Waals surface area contributed by atoms with Crippen molar-refractivity contribution in [3.63, 3.8) is 0 Å². The van der Waals surface area contributed by atoms with Gasteiger partial charge in [0.25, 0.3) is 5.56 Å².